The van der Waals surface area contributed by atoms with Crippen molar-refractivity contribution in [3.63, 3.8) is 0 Å². The van der Waals surface area contributed by atoms with Crippen molar-refractivity contribution in [2.24, 2.45) is 0 Å². The summed E-state index contributed by atoms with van der Waals surface area (Å²) in [5.74, 6) is 0.321. The third-order valence-corrected chi connectivity index (χ3v) is 3.28. The molecule has 2 rings (SSSR count). The Bertz CT molecular complexity index is 734. The second-order valence-electron chi connectivity index (χ2n) is 5.42. The first kappa shape index (κ1) is 18.3. The molecule has 1 aromatic carbocycles. The summed E-state index contributed by atoms with van der Waals surface area (Å²) in [6.45, 7) is 4.30. The van der Waals surface area contributed by atoms with Gasteiger partial charge in [0.15, 0.2) is 6.61 Å². The molecule has 1 N–H and O–H groups in total. The van der Waals surface area contributed by atoms with Gasteiger partial charge in [-0.2, -0.15) is 0 Å². The van der Waals surface area contributed by atoms with Crippen LogP contribution in [0.2, 0.25) is 0 Å². The van der Waals surface area contributed by atoms with E-state index in [0.29, 0.717) is 18.9 Å². The predicted octanol–water partition coefficient (Wildman–Crippen LogP) is 2.65. The zero-order valence-electron chi connectivity index (χ0n) is 14.3. The number of hydrogen-bond donors (Lipinski definition) is 1. The number of amides is 1. The second-order valence-corrected chi connectivity index (χ2v) is 5.42. The summed E-state index contributed by atoms with van der Waals surface area (Å²) in [5, 5.41) is 2.63. The first-order valence-corrected chi connectivity index (χ1v) is 7.89. The molecule has 0 aliphatic carbocycles. The minimum atomic E-state index is -0.613. The highest BCUT2D eigenvalue weighted by Crippen LogP contribution is 2.18. The van der Waals surface area contributed by atoms with E-state index in [1.165, 1.54) is 24.0 Å². The number of ether oxygens (including phenoxy) is 2. The van der Waals surface area contributed by atoms with Gasteiger partial charge in [-0.1, -0.05) is 17.7 Å². The van der Waals surface area contributed by atoms with Crippen molar-refractivity contribution >= 4 is 18.0 Å². The lowest BCUT2D eigenvalue weighted by molar-refractivity contribution is -0.143. The number of hydrogen-bond acceptors (Lipinski definition) is 5. The molecule has 0 atom stereocenters. The van der Waals surface area contributed by atoms with Crippen LogP contribution in [0.1, 0.15) is 16.9 Å². The minimum absolute atomic E-state index is 0.325. The molecule has 0 saturated heterocycles. The Hall–Kier alpha value is -3.02. The highest BCUT2D eigenvalue weighted by atomic mass is 16.5. The van der Waals surface area contributed by atoms with Crippen LogP contribution in [0.25, 0.3) is 6.08 Å². The fourth-order valence-electron chi connectivity index (χ4n) is 2.08. The lowest BCUT2D eigenvalue weighted by atomic mass is 10.1. The van der Waals surface area contributed by atoms with Gasteiger partial charge in [-0.25, -0.2) is 4.79 Å². The molecule has 0 aliphatic rings. The molecule has 0 bridgehead atoms. The van der Waals surface area contributed by atoms with Gasteiger partial charge in [0.25, 0.3) is 5.91 Å². The van der Waals surface area contributed by atoms with E-state index in [2.05, 4.69) is 5.32 Å². The zero-order valence-corrected chi connectivity index (χ0v) is 14.3. The number of furan rings is 1. The van der Waals surface area contributed by atoms with Crippen LogP contribution < -0.4 is 10.1 Å². The smallest absolute Gasteiger partial charge is 0.331 e. The Labute approximate surface area is 146 Å². The molecule has 2 aromatic rings. The molecule has 25 heavy (non-hydrogen) atoms. The van der Waals surface area contributed by atoms with Crippen molar-refractivity contribution < 1.29 is 23.5 Å². The van der Waals surface area contributed by atoms with E-state index in [0.717, 1.165) is 11.3 Å². The van der Waals surface area contributed by atoms with Crippen LogP contribution in [0.4, 0.5) is 0 Å². The molecule has 0 fully saturated rings. The fraction of sp³-hybridized carbons (Fsp3) is 0.263. The fourth-order valence-corrected chi connectivity index (χ4v) is 2.08. The summed E-state index contributed by atoms with van der Waals surface area (Å²) in [5.41, 5.74) is 2.21. The van der Waals surface area contributed by atoms with Gasteiger partial charge in [0.1, 0.15) is 18.1 Å². The van der Waals surface area contributed by atoms with Crippen LogP contribution in [0, 0.1) is 13.8 Å². The second kappa shape index (κ2) is 9.32. The van der Waals surface area contributed by atoms with Crippen LogP contribution in [0.15, 0.2) is 47.1 Å². The van der Waals surface area contributed by atoms with Crippen LogP contribution in [-0.2, 0) is 14.3 Å². The van der Waals surface area contributed by atoms with Gasteiger partial charge in [0.2, 0.25) is 0 Å². The Morgan fingerprint density at radius 1 is 1.24 bits per heavy atom. The standard InChI is InChI=1S/C19H21NO5/c1-14-5-7-17(15(2)12-14)24-11-9-20-18(21)13-25-19(22)8-6-16-4-3-10-23-16/h3-8,10,12H,9,11,13H2,1-2H3,(H,20,21)/b8-6+. The van der Waals surface area contributed by atoms with Crippen molar-refractivity contribution in [1.82, 2.24) is 5.32 Å². The molecule has 6 nitrogen and oxygen atoms in total. The molecule has 0 spiro atoms. The minimum Gasteiger partial charge on any atom is -0.491 e. The molecule has 132 valence electrons. The topological polar surface area (TPSA) is 77.8 Å². The SMILES string of the molecule is Cc1ccc(OCCNC(=O)COC(=O)/C=C/c2ccco2)c(C)c1. The van der Waals surface area contributed by atoms with Crippen LogP contribution in [0.5, 0.6) is 5.75 Å². The number of aryl methyl sites for hydroxylation is 2. The average Bonchev–Trinajstić information content (AvgIpc) is 3.10. The summed E-state index contributed by atoms with van der Waals surface area (Å²) in [4.78, 5) is 23.1. The van der Waals surface area contributed by atoms with Crippen molar-refractivity contribution in [1.29, 1.82) is 0 Å². The monoisotopic (exact) mass is 343 g/mol. The molecule has 1 heterocycles. The van der Waals surface area contributed by atoms with Crippen molar-refractivity contribution in [3.05, 3.63) is 59.6 Å². The third kappa shape index (κ3) is 6.55. The van der Waals surface area contributed by atoms with Crippen molar-refractivity contribution in [2.45, 2.75) is 13.8 Å². The van der Waals surface area contributed by atoms with E-state index in [-0.39, 0.29) is 12.5 Å². The quantitative estimate of drug-likeness (QED) is 0.453. The van der Waals surface area contributed by atoms with Gasteiger partial charge < -0.3 is 19.2 Å². The van der Waals surface area contributed by atoms with Gasteiger partial charge >= 0.3 is 5.97 Å². The average molecular weight is 343 g/mol. The van der Waals surface area contributed by atoms with Crippen molar-refractivity contribution in [3.8, 4) is 5.75 Å². The van der Waals surface area contributed by atoms with E-state index in [9.17, 15) is 9.59 Å². The summed E-state index contributed by atoms with van der Waals surface area (Å²) in [6.07, 6.45) is 4.17. The molecule has 1 amide bonds. The summed E-state index contributed by atoms with van der Waals surface area (Å²) >= 11 is 0. The van der Waals surface area contributed by atoms with Crippen LogP contribution in [-0.4, -0.2) is 31.6 Å². The summed E-state index contributed by atoms with van der Waals surface area (Å²) in [7, 11) is 0. The lowest BCUT2D eigenvalue weighted by Crippen LogP contribution is -2.32. The molecule has 1 aromatic heterocycles. The lowest BCUT2D eigenvalue weighted by Gasteiger charge is -2.10. The molecule has 0 aliphatic heterocycles. The molecular weight excluding hydrogens is 322 g/mol. The predicted molar refractivity (Wildman–Crippen MR) is 93.1 cm³/mol. The Morgan fingerprint density at radius 2 is 2.08 bits per heavy atom. The molecule has 0 unspecified atom stereocenters. The summed E-state index contributed by atoms with van der Waals surface area (Å²) < 4.78 is 15.5. The van der Waals surface area contributed by atoms with E-state index in [1.54, 1.807) is 12.1 Å². The molecular formula is C19H21NO5. The Kier molecular flexibility index (Phi) is 6.83. The number of rotatable bonds is 8. The van der Waals surface area contributed by atoms with Crippen molar-refractivity contribution in [2.75, 3.05) is 19.8 Å². The van der Waals surface area contributed by atoms with E-state index >= 15 is 0 Å². The van der Waals surface area contributed by atoms with Gasteiger partial charge in [0.05, 0.1) is 12.8 Å². The maximum absolute atomic E-state index is 11.6. The van der Waals surface area contributed by atoms with Gasteiger partial charge in [-0.05, 0) is 43.7 Å². The van der Waals surface area contributed by atoms with E-state index in [1.807, 2.05) is 32.0 Å². The first-order valence-electron chi connectivity index (χ1n) is 7.89. The number of esters is 1. The van der Waals surface area contributed by atoms with E-state index < -0.39 is 5.97 Å². The zero-order chi connectivity index (χ0) is 18.1. The van der Waals surface area contributed by atoms with Gasteiger partial charge in [-0.15, -0.1) is 0 Å². The first-order chi connectivity index (χ1) is 12.0. The van der Waals surface area contributed by atoms with Crippen LogP contribution in [0.3, 0.4) is 0 Å². The Balaban J connectivity index is 1.61. The maximum atomic E-state index is 11.6. The van der Waals surface area contributed by atoms with E-state index in [4.69, 9.17) is 13.9 Å². The van der Waals surface area contributed by atoms with Gasteiger partial charge in [-0.3, -0.25) is 4.79 Å². The number of benzene rings is 1. The number of carbonyl (C=O) groups excluding carboxylic acids is 2. The largest absolute Gasteiger partial charge is 0.491 e. The highest BCUT2D eigenvalue weighted by Gasteiger charge is 2.05. The number of carbonyl (C=O) groups is 2. The van der Waals surface area contributed by atoms with Crippen LogP contribution >= 0.6 is 0 Å². The number of nitrogens with one attached hydrogen (secondary N) is 1. The third-order valence-electron chi connectivity index (χ3n) is 3.28. The normalized spacial score (nSPS) is 10.6. The molecule has 0 radical (unpaired) electrons. The molecule has 0 saturated carbocycles. The molecule has 6 heteroatoms. The van der Waals surface area contributed by atoms with Gasteiger partial charge in [0, 0.05) is 6.08 Å². The highest BCUT2D eigenvalue weighted by molar-refractivity contribution is 5.88. The summed E-state index contributed by atoms with van der Waals surface area (Å²) in [6, 6.07) is 9.31. The Morgan fingerprint density at radius 3 is 2.80 bits per heavy atom. The maximum Gasteiger partial charge on any atom is 0.331 e.